The van der Waals surface area contributed by atoms with Crippen LogP contribution < -0.4 is 0 Å². The zero-order valence-electron chi connectivity index (χ0n) is 15.2. The fraction of sp³-hybridized carbons (Fsp3) is 0.526. The van der Waals surface area contributed by atoms with E-state index < -0.39 is 0 Å². The van der Waals surface area contributed by atoms with E-state index in [1.807, 2.05) is 11.5 Å². The summed E-state index contributed by atoms with van der Waals surface area (Å²) in [7, 11) is 0. The topological polar surface area (TPSA) is 47.8 Å². The molecule has 0 bridgehead atoms. The predicted octanol–water partition coefficient (Wildman–Crippen LogP) is 4.64. The highest BCUT2D eigenvalue weighted by molar-refractivity contribution is 8.01. The number of hydrogen-bond donors (Lipinski definition) is 0. The number of carbonyl (C=O) groups is 1. The highest BCUT2D eigenvalue weighted by Gasteiger charge is 2.25. The second kappa shape index (κ2) is 7.87. The Morgan fingerprint density at radius 3 is 2.80 bits per heavy atom. The molecule has 6 heteroatoms. The van der Waals surface area contributed by atoms with Gasteiger partial charge in [0, 0.05) is 17.8 Å². The Balaban J connectivity index is 1.75. The highest BCUT2D eigenvalue weighted by atomic mass is 32.2. The van der Waals surface area contributed by atoms with E-state index in [0.29, 0.717) is 5.75 Å². The van der Waals surface area contributed by atoms with Gasteiger partial charge in [0.25, 0.3) is 0 Å². The molecule has 4 nitrogen and oxygen atoms in total. The number of fused-ring (bicyclic) bond motifs is 1. The summed E-state index contributed by atoms with van der Waals surface area (Å²) in [4.78, 5) is 13.0. The van der Waals surface area contributed by atoms with Gasteiger partial charge in [-0.15, -0.1) is 10.2 Å². The first kappa shape index (κ1) is 18.4. The van der Waals surface area contributed by atoms with Gasteiger partial charge in [0.15, 0.2) is 4.34 Å². The van der Waals surface area contributed by atoms with E-state index in [9.17, 15) is 4.79 Å². The van der Waals surface area contributed by atoms with Gasteiger partial charge >= 0.3 is 0 Å². The van der Waals surface area contributed by atoms with Crippen molar-refractivity contribution < 1.29 is 4.79 Å². The summed E-state index contributed by atoms with van der Waals surface area (Å²) in [6.45, 7) is 10.2. The van der Waals surface area contributed by atoms with Crippen LogP contribution in [-0.2, 0) is 25.7 Å². The van der Waals surface area contributed by atoms with Crippen molar-refractivity contribution in [3.05, 3.63) is 39.7 Å². The Morgan fingerprint density at radius 1 is 1.32 bits per heavy atom. The summed E-state index contributed by atoms with van der Waals surface area (Å²) in [6.07, 6.45) is 6.21. The molecule has 0 aromatic carbocycles. The number of thioether (sulfide) groups is 1. The molecule has 0 spiro atoms. The third kappa shape index (κ3) is 3.90. The lowest BCUT2D eigenvalue weighted by Gasteiger charge is -2.15. The fourth-order valence-corrected chi connectivity index (χ4v) is 5.44. The van der Waals surface area contributed by atoms with Gasteiger partial charge in [0.1, 0.15) is 5.01 Å². The molecule has 25 heavy (non-hydrogen) atoms. The molecule has 0 fully saturated rings. The van der Waals surface area contributed by atoms with Crippen molar-refractivity contribution in [1.29, 1.82) is 0 Å². The Labute approximate surface area is 157 Å². The number of hydrogen-bond acceptors (Lipinski definition) is 5. The lowest BCUT2D eigenvalue weighted by atomic mass is 9.95. The van der Waals surface area contributed by atoms with Crippen LogP contribution in [0.2, 0.25) is 0 Å². The van der Waals surface area contributed by atoms with Gasteiger partial charge in [0.2, 0.25) is 5.91 Å². The van der Waals surface area contributed by atoms with Crippen LogP contribution in [-0.4, -0.2) is 26.4 Å². The zero-order valence-corrected chi connectivity index (χ0v) is 16.9. The molecule has 134 valence electrons. The van der Waals surface area contributed by atoms with E-state index in [0.717, 1.165) is 40.6 Å². The SMILES string of the molecule is C=C(C)Cc1nnc(SCC(=O)n2c(CC)c(C)c3c2CCCC3)s1. The molecule has 0 aliphatic heterocycles. The van der Waals surface area contributed by atoms with E-state index in [4.69, 9.17) is 0 Å². The minimum Gasteiger partial charge on any atom is -0.287 e. The maximum atomic E-state index is 13.0. The minimum absolute atomic E-state index is 0.171. The predicted molar refractivity (Wildman–Crippen MR) is 105 cm³/mol. The van der Waals surface area contributed by atoms with Gasteiger partial charge in [0.05, 0.1) is 5.75 Å². The van der Waals surface area contributed by atoms with E-state index in [2.05, 4.69) is 30.6 Å². The standard InChI is InChI=1S/C19H25N3OS2/c1-5-15-13(4)14-8-6-7-9-16(14)22(15)18(23)11-24-19-21-20-17(25-19)10-12(2)3/h2,5-11H2,1,3-4H3. The second-order valence-electron chi connectivity index (χ2n) is 6.67. The maximum absolute atomic E-state index is 13.0. The molecule has 0 saturated heterocycles. The number of nitrogens with zero attached hydrogens (tertiary/aromatic N) is 3. The van der Waals surface area contributed by atoms with Gasteiger partial charge in [-0.05, 0) is 57.1 Å². The van der Waals surface area contributed by atoms with E-state index in [1.165, 1.54) is 47.1 Å². The van der Waals surface area contributed by atoms with Crippen molar-refractivity contribution in [2.45, 2.75) is 63.6 Å². The van der Waals surface area contributed by atoms with Crippen molar-refractivity contribution in [3.63, 3.8) is 0 Å². The fourth-order valence-electron chi connectivity index (χ4n) is 3.58. The Morgan fingerprint density at radius 2 is 2.08 bits per heavy atom. The largest absolute Gasteiger partial charge is 0.287 e. The Hall–Kier alpha value is -1.40. The lowest BCUT2D eigenvalue weighted by molar-refractivity contribution is 0.0935. The third-order valence-electron chi connectivity index (χ3n) is 4.67. The Kier molecular flexibility index (Phi) is 5.79. The van der Waals surface area contributed by atoms with Crippen LogP contribution in [0.4, 0.5) is 0 Å². The number of carbonyl (C=O) groups excluding carboxylic acids is 1. The van der Waals surface area contributed by atoms with E-state index in [1.54, 1.807) is 11.3 Å². The van der Waals surface area contributed by atoms with Gasteiger partial charge in [-0.2, -0.15) is 0 Å². The molecular formula is C19H25N3OS2. The molecular weight excluding hydrogens is 350 g/mol. The number of rotatable bonds is 6. The molecule has 0 unspecified atom stereocenters. The van der Waals surface area contributed by atoms with Crippen LogP contribution in [0.25, 0.3) is 0 Å². The smallest absolute Gasteiger partial charge is 0.241 e. The molecule has 0 amide bonds. The van der Waals surface area contributed by atoms with Crippen molar-refractivity contribution in [2.75, 3.05) is 5.75 Å². The first-order chi connectivity index (χ1) is 12.0. The average molecular weight is 376 g/mol. The van der Waals surface area contributed by atoms with Crippen molar-refractivity contribution in [2.24, 2.45) is 0 Å². The summed E-state index contributed by atoms with van der Waals surface area (Å²) in [6, 6.07) is 0. The second-order valence-corrected chi connectivity index (χ2v) is 8.96. The third-order valence-corrected chi connectivity index (χ3v) is 6.71. The van der Waals surface area contributed by atoms with Gasteiger partial charge in [-0.25, -0.2) is 0 Å². The molecule has 0 saturated carbocycles. The number of allylic oxidation sites excluding steroid dienone is 1. The summed E-state index contributed by atoms with van der Waals surface area (Å²) >= 11 is 3.06. The van der Waals surface area contributed by atoms with Gasteiger partial charge in [-0.3, -0.25) is 9.36 Å². The summed E-state index contributed by atoms with van der Waals surface area (Å²) in [5.74, 6) is 0.583. The van der Waals surface area contributed by atoms with Gasteiger partial charge in [-0.1, -0.05) is 42.2 Å². The van der Waals surface area contributed by atoms with Crippen LogP contribution >= 0.6 is 23.1 Å². The highest BCUT2D eigenvalue weighted by Crippen LogP contribution is 2.31. The molecule has 2 aromatic heterocycles. The van der Waals surface area contributed by atoms with Crippen LogP contribution in [0.5, 0.6) is 0 Å². The molecule has 1 aliphatic rings. The average Bonchev–Trinajstić information content (AvgIpc) is 3.14. The molecule has 0 radical (unpaired) electrons. The van der Waals surface area contributed by atoms with Crippen LogP contribution in [0.3, 0.4) is 0 Å². The normalized spacial score (nSPS) is 13.7. The van der Waals surface area contributed by atoms with Gasteiger partial charge < -0.3 is 0 Å². The molecule has 2 heterocycles. The van der Waals surface area contributed by atoms with Crippen LogP contribution in [0.1, 0.15) is 59.0 Å². The van der Waals surface area contributed by atoms with Crippen molar-refractivity contribution in [3.8, 4) is 0 Å². The first-order valence-electron chi connectivity index (χ1n) is 8.86. The molecule has 1 aliphatic carbocycles. The van der Waals surface area contributed by atoms with Crippen LogP contribution in [0.15, 0.2) is 16.5 Å². The van der Waals surface area contributed by atoms with Crippen molar-refractivity contribution >= 4 is 29.0 Å². The summed E-state index contributed by atoms with van der Waals surface area (Å²) < 4.78 is 2.87. The minimum atomic E-state index is 0.171. The Bertz CT molecular complexity index is 804. The zero-order chi connectivity index (χ0) is 18.0. The lowest BCUT2D eigenvalue weighted by Crippen LogP contribution is -2.20. The maximum Gasteiger partial charge on any atom is 0.241 e. The molecule has 3 rings (SSSR count). The van der Waals surface area contributed by atoms with Crippen molar-refractivity contribution in [1.82, 2.24) is 14.8 Å². The molecule has 0 N–H and O–H groups in total. The summed E-state index contributed by atoms with van der Waals surface area (Å²) in [5.41, 5.74) is 6.27. The monoisotopic (exact) mass is 375 g/mol. The number of aromatic nitrogens is 3. The molecule has 2 aromatic rings. The van der Waals surface area contributed by atoms with Crippen LogP contribution in [0, 0.1) is 6.92 Å². The molecule has 0 atom stereocenters. The quantitative estimate of drug-likeness (QED) is 0.545. The van der Waals surface area contributed by atoms with E-state index in [-0.39, 0.29) is 5.91 Å². The van der Waals surface area contributed by atoms with E-state index >= 15 is 0 Å². The first-order valence-corrected chi connectivity index (χ1v) is 10.7. The summed E-state index contributed by atoms with van der Waals surface area (Å²) in [5, 5.41) is 9.35.